The van der Waals surface area contributed by atoms with Crippen molar-refractivity contribution in [1.29, 1.82) is 0 Å². The van der Waals surface area contributed by atoms with E-state index in [-0.39, 0.29) is 5.69 Å². The SMILES string of the molecule is CCN(CC1CCCN1)c1ccc([N+](=O)[O-])cn1. The zero-order valence-corrected chi connectivity index (χ0v) is 10.5. The smallest absolute Gasteiger partial charge is 0.287 e. The van der Waals surface area contributed by atoms with E-state index in [4.69, 9.17) is 0 Å². The molecule has 0 spiro atoms. The predicted octanol–water partition coefficient (Wildman–Crippen LogP) is 1.57. The first-order valence-corrected chi connectivity index (χ1v) is 6.29. The molecule has 1 saturated heterocycles. The van der Waals surface area contributed by atoms with Crippen molar-refractivity contribution >= 4 is 11.5 Å². The molecule has 1 aliphatic rings. The fraction of sp³-hybridized carbons (Fsp3) is 0.583. The van der Waals surface area contributed by atoms with Gasteiger partial charge < -0.3 is 10.2 Å². The molecule has 2 rings (SSSR count). The summed E-state index contributed by atoms with van der Waals surface area (Å²) in [6.07, 6.45) is 3.72. The number of pyridine rings is 1. The fourth-order valence-electron chi connectivity index (χ4n) is 2.24. The Labute approximate surface area is 106 Å². The van der Waals surface area contributed by atoms with Crippen molar-refractivity contribution in [2.75, 3.05) is 24.5 Å². The minimum atomic E-state index is -0.425. The number of nitro groups is 1. The maximum absolute atomic E-state index is 10.6. The van der Waals surface area contributed by atoms with Crippen LogP contribution in [0.15, 0.2) is 18.3 Å². The van der Waals surface area contributed by atoms with Crippen LogP contribution < -0.4 is 10.2 Å². The summed E-state index contributed by atoms with van der Waals surface area (Å²) in [6.45, 7) is 4.90. The normalized spacial score (nSPS) is 18.8. The molecule has 0 amide bonds. The summed E-state index contributed by atoms with van der Waals surface area (Å²) in [5.41, 5.74) is 0.0359. The van der Waals surface area contributed by atoms with E-state index >= 15 is 0 Å². The number of nitrogens with zero attached hydrogens (tertiary/aromatic N) is 3. The Morgan fingerprint density at radius 2 is 2.44 bits per heavy atom. The van der Waals surface area contributed by atoms with Crippen molar-refractivity contribution in [2.45, 2.75) is 25.8 Å². The third-order valence-corrected chi connectivity index (χ3v) is 3.25. The Kier molecular flexibility index (Phi) is 4.09. The van der Waals surface area contributed by atoms with Crippen LogP contribution in [0.4, 0.5) is 11.5 Å². The lowest BCUT2D eigenvalue weighted by molar-refractivity contribution is -0.385. The molecule has 1 aromatic rings. The Balaban J connectivity index is 2.04. The van der Waals surface area contributed by atoms with Crippen LogP contribution in [0.1, 0.15) is 19.8 Å². The monoisotopic (exact) mass is 250 g/mol. The topological polar surface area (TPSA) is 71.3 Å². The van der Waals surface area contributed by atoms with Gasteiger partial charge in [0, 0.05) is 25.2 Å². The first-order valence-electron chi connectivity index (χ1n) is 6.29. The van der Waals surface area contributed by atoms with Crippen LogP contribution >= 0.6 is 0 Å². The van der Waals surface area contributed by atoms with E-state index in [0.29, 0.717) is 6.04 Å². The predicted molar refractivity (Wildman–Crippen MR) is 69.8 cm³/mol. The maximum atomic E-state index is 10.6. The molecule has 0 aromatic carbocycles. The third kappa shape index (κ3) is 2.95. The third-order valence-electron chi connectivity index (χ3n) is 3.25. The van der Waals surface area contributed by atoms with E-state index in [9.17, 15) is 10.1 Å². The molecule has 1 aromatic heterocycles. The van der Waals surface area contributed by atoms with E-state index in [2.05, 4.69) is 22.1 Å². The summed E-state index contributed by atoms with van der Waals surface area (Å²) >= 11 is 0. The number of aromatic nitrogens is 1. The highest BCUT2D eigenvalue weighted by atomic mass is 16.6. The van der Waals surface area contributed by atoms with Gasteiger partial charge in [0.1, 0.15) is 12.0 Å². The van der Waals surface area contributed by atoms with Crippen LogP contribution in [-0.2, 0) is 0 Å². The van der Waals surface area contributed by atoms with Crippen LogP contribution in [0, 0.1) is 10.1 Å². The van der Waals surface area contributed by atoms with Gasteiger partial charge in [0.15, 0.2) is 0 Å². The Morgan fingerprint density at radius 3 is 2.94 bits per heavy atom. The summed E-state index contributed by atoms with van der Waals surface area (Å²) in [6, 6.07) is 3.73. The van der Waals surface area contributed by atoms with Gasteiger partial charge >= 0.3 is 0 Å². The molecule has 98 valence electrons. The van der Waals surface area contributed by atoms with Gasteiger partial charge in [-0.15, -0.1) is 0 Å². The molecule has 1 N–H and O–H groups in total. The van der Waals surface area contributed by atoms with Crippen LogP contribution in [0.3, 0.4) is 0 Å². The summed E-state index contributed by atoms with van der Waals surface area (Å²) in [5, 5.41) is 14.0. The molecule has 1 fully saturated rings. The second-order valence-electron chi connectivity index (χ2n) is 4.46. The number of hydrogen-bond donors (Lipinski definition) is 1. The number of likely N-dealkylation sites (N-methyl/N-ethyl adjacent to an activating group) is 1. The van der Waals surface area contributed by atoms with E-state index in [1.54, 1.807) is 6.07 Å². The molecular formula is C12H18N4O2. The lowest BCUT2D eigenvalue weighted by atomic mass is 10.2. The minimum Gasteiger partial charge on any atom is -0.355 e. The second kappa shape index (κ2) is 5.77. The lowest BCUT2D eigenvalue weighted by Gasteiger charge is -2.25. The van der Waals surface area contributed by atoms with Gasteiger partial charge in [0.05, 0.1) is 4.92 Å². The van der Waals surface area contributed by atoms with Gasteiger partial charge in [-0.25, -0.2) is 4.98 Å². The zero-order valence-electron chi connectivity index (χ0n) is 10.5. The van der Waals surface area contributed by atoms with Crippen LogP contribution in [-0.4, -0.2) is 35.6 Å². The molecule has 6 nitrogen and oxygen atoms in total. The number of hydrogen-bond acceptors (Lipinski definition) is 5. The summed E-state index contributed by atoms with van der Waals surface area (Å²) < 4.78 is 0. The Hall–Kier alpha value is -1.69. The molecule has 1 atom stereocenters. The van der Waals surface area contributed by atoms with Gasteiger partial charge in [-0.2, -0.15) is 0 Å². The van der Waals surface area contributed by atoms with Crippen molar-refractivity contribution in [1.82, 2.24) is 10.3 Å². The summed E-state index contributed by atoms with van der Waals surface area (Å²) in [5.74, 6) is 0.803. The molecular weight excluding hydrogens is 232 g/mol. The van der Waals surface area contributed by atoms with Crippen molar-refractivity contribution in [3.05, 3.63) is 28.4 Å². The van der Waals surface area contributed by atoms with Gasteiger partial charge in [-0.3, -0.25) is 10.1 Å². The minimum absolute atomic E-state index is 0.0359. The van der Waals surface area contributed by atoms with Crippen LogP contribution in [0.5, 0.6) is 0 Å². The molecule has 0 aliphatic carbocycles. The highest BCUT2D eigenvalue weighted by molar-refractivity contribution is 5.43. The zero-order chi connectivity index (χ0) is 13.0. The Bertz CT molecular complexity index is 401. The largest absolute Gasteiger partial charge is 0.355 e. The van der Waals surface area contributed by atoms with Gasteiger partial charge in [-0.1, -0.05) is 0 Å². The number of anilines is 1. The van der Waals surface area contributed by atoms with E-state index in [0.717, 1.165) is 25.5 Å². The molecule has 18 heavy (non-hydrogen) atoms. The van der Waals surface area contributed by atoms with Crippen molar-refractivity contribution < 1.29 is 4.92 Å². The van der Waals surface area contributed by atoms with Gasteiger partial charge in [0.2, 0.25) is 0 Å². The number of nitrogens with one attached hydrogen (secondary N) is 1. The molecule has 0 saturated carbocycles. The van der Waals surface area contributed by atoms with E-state index in [1.807, 2.05) is 0 Å². The average Bonchev–Trinajstić information content (AvgIpc) is 2.89. The van der Waals surface area contributed by atoms with Crippen LogP contribution in [0.2, 0.25) is 0 Å². The van der Waals surface area contributed by atoms with Crippen molar-refractivity contribution in [2.24, 2.45) is 0 Å². The Morgan fingerprint density at radius 1 is 1.61 bits per heavy atom. The first kappa shape index (κ1) is 12.8. The van der Waals surface area contributed by atoms with E-state index < -0.39 is 4.92 Å². The molecule has 0 radical (unpaired) electrons. The van der Waals surface area contributed by atoms with Gasteiger partial charge in [0.25, 0.3) is 5.69 Å². The van der Waals surface area contributed by atoms with Crippen LogP contribution in [0.25, 0.3) is 0 Å². The molecule has 6 heteroatoms. The van der Waals surface area contributed by atoms with Crippen molar-refractivity contribution in [3.8, 4) is 0 Å². The quantitative estimate of drug-likeness (QED) is 0.634. The average molecular weight is 250 g/mol. The maximum Gasteiger partial charge on any atom is 0.287 e. The standard InChI is InChI=1S/C12H18N4O2/c1-2-15(9-10-4-3-7-13-10)12-6-5-11(8-14-12)16(17)18/h5-6,8,10,13H,2-4,7,9H2,1H3. The van der Waals surface area contributed by atoms with E-state index in [1.165, 1.54) is 25.1 Å². The van der Waals surface area contributed by atoms with Gasteiger partial charge in [-0.05, 0) is 32.4 Å². The highest BCUT2D eigenvalue weighted by Gasteiger charge is 2.18. The van der Waals surface area contributed by atoms with Crippen molar-refractivity contribution in [3.63, 3.8) is 0 Å². The summed E-state index contributed by atoms with van der Waals surface area (Å²) in [7, 11) is 0. The first-order chi connectivity index (χ1) is 8.70. The summed E-state index contributed by atoms with van der Waals surface area (Å²) in [4.78, 5) is 16.5. The fourth-order valence-corrected chi connectivity index (χ4v) is 2.24. The molecule has 0 bridgehead atoms. The second-order valence-corrected chi connectivity index (χ2v) is 4.46. The highest BCUT2D eigenvalue weighted by Crippen LogP contribution is 2.17. The molecule has 1 unspecified atom stereocenters. The molecule has 2 heterocycles. The molecule has 1 aliphatic heterocycles. The number of rotatable bonds is 5. The lowest BCUT2D eigenvalue weighted by Crippen LogP contribution is -2.37.